The van der Waals surface area contributed by atoms with E-state index in [1.54, 1.807) is 0 Å². The van der Waals surface area contributed by atoms with Crippen LogP contribution in [0.4, 0.5) is 0 Å². The molecule has 1 N–H and O–H groups in total. The lowest BCUT2D eigenvalue weighted by atomic mass is 9.79. The van der Waals surface area contributed by atoms with Crippen LogP contribution in [-0.2, 0) is 21.4 Å². The molecule has 0 radical (unpaired) electrons. The van der Waals surface area contributed by atoms with E-state index in [1.165, 1.54) is 11.1 Å². The van der Waals surface area contributed by atoms with Crippen molar-refractivity contribution in [3.8, 4) is 0 Å². The van der Waals surface area contributed by atoms with Crippen molar-refractivity contribution in [1.82, 2.24) is 0 Å². The third-order valence-corrected chi connectivity index (χ3v) is 6.07. The summed E-state index contributed by atoms with van der Waals surface area (Å²) in [7, 11) is 0. The molecule has 0 fully saturated rings. The molecule has 2 bridgehead atoms. The molecule has 1 aromatic carbocycles. The topological polar surface area (TPSA) is 46.5 Å². The highest BCUT2D eigenvalue weighted by Gasteiger charge is 2.22. The lowest BCUT2D eigenvalue weighted by Gasteiger charge is -2.26. The van der Waals surface area contributed by atoms with Crippen molar-refractivity contribution in [2.24, 2.45) is 5.92 Å². The Morgan fingerprint density at radius 1 is 1.28 bits per heavy atom. The van der Waals surface area contributed by atoms with Crippen LogP contribution < -0.4 is 0 Å². The van der Waals surface area contributed by atoms with E-state index in [9.17, 15) is 9.90 Å². The van der Waals surface area contributed by atoms with E-state index >= 15 is 0 Å². The first-order valence-electron chi connectivity index (χ1n) is 11.1. The van der Waals surface area contributed by atoms with Crippen LogP contribution in [0.3, 0.4) is 0 Å². The number of allylic oxidation sites excluding steroid dienone is 1. The maximum atomic E-state index is 12.4. The summed E-state index contributed by atoms with van der Waals surface area (Å²) in [6.45, 7) is 8.85. The maximum absolute atomic E-state index is 12.4. The average Bonchev–Trinajstić information content (AvgIpc) is 2.71. The van der Waals surface area contributed by atoms with Crippen molar-refractivity contribution in [2.45, 2.75) is 84.2 Å². The molecule has 1 aliphatic heterocycles. The minimum Gasteiger partial charge on any atom is -0.458 e. The first-order valence-corrected chi connectivity index (χ1v) is 11.1. The van der Waals surface area contributed by atoms with E-state index in [1.807, 2.05) is 13.0 Å². The van der Waals surface area contributed by atoms with Crippen molar-refractivity contribution in [3.05, 3.63) is 59.2 Å². The molecule has 0 unspecified atom stereocenters. The number of benzene rings is 1. The van der Waals surface area contributed by atoms with Gasteiger partial charge < -0.3 is 9.84 Å². The second-order valence-corrected chi connectivity index (χ2v) is 8.95. The first kappa shape index (κ1) is 23.4. The summed E-state index contributed by atoms with van der Waals surface area (Å²) in [6.07, 6.45) is 11.9. The fraction of sp³-hybridized carbons (Fsp3) is 0.577. The lowest BCUT2D eigenvalue weighted by Crippen LogP contribution is -2.21. The summed E-state index contributed by atoms with van der Waals surface area (Å²) in [5, 5.41) is 9.52. The minimum atomic E-state index is -0.203. The monoisotopic (exact) mass is 398 g/mol. The highest BCUT2D eigenvalue weighted by atomic mass is 16.5. The zero-order chi connectivity index (χ0) is 21.3. The van der Waals surface area contributed by atoms with Crippen LogP contribution in [0.25, 0.3) is 0 Å². The van der Waals surface area contributed by atoms with Gasteiger partial charge in [0.05, 0.1) is 6.42 Å². The molecule has 3 nitrogen and oxygen atoms in total. The van der Waals surface area contributed by atoms with Crippen LogP contribution in [-0.4, -0.2) is 23.8 Å². The van der Waals surface area contributed by atoms with E-state index in [0.717, 1.165) is 44.1 Å². The van der Waals surface area contributed by atoms with E-state index < -0.39 is 0 Å². The van der Waals surface area contributed by atoms with Gasteiger partial charge in [-0.15, -0.1) is 0 Å². The number of esters is 1. The third kappa shape index (κ3) is 7.47. The molecule has 1 aliphatic rings. The number of hydrogen-bond donors (Lipinski definition) is 1. The van der Waals surface area contributed by atoms with Crippen LogP contribution in [0.2, 0.25) is 0 Å². The number of aliphatic hydroxyl groups excluding tert-OH is 1. The molecule has 160 valence electrons. The van der Waals surface area contributed by atoms with Gasteiger partial charge in [0.1, 0.15) is 6.10 Å². The van der Waals surface area contributed by atoms with Crippen molar-refractivity contribution in [3.63, 3.8) is 0 Å². The van der Waals surface area contributed by atoms with Gasteiger partial charge in [-0.25, -0.2) is 0 Å². The number of carbonyl (C=O) groups excluding carboxylic acids is 1. The van der Waals surface area contributed by atoms with Crippen LogP contribution in [0.5, 0.6) is 0 Å². The summed E-state index contributed by atoms with van der Waals surface area (Å²) in [4.78, 5) is 12.4. The molecule has 1 heterocycles. The first-order chi connectivity index (χ1) is 13.9. The number of rotatable bonds is 4. The molecule has 0 spiro atoms. The summed E-state index contributed by atoms with van der Waals surface area (Å²) < 4.78 is 5.84. The summed E-state index contributed by atoms with van der Waals surface area (Å²) in [5.74, 6) is -0.0598. The molecule has 0 saturated heterocycles. The third-order valence-electron chi connectivity index (χ3n) is 6.07. The largest absolute Gasteiger partial charge is 0.458 e. The zero-order valence-electron chi connectivity index (χ0n) is 18.6. The molecule has 29 heavy (non-hydrogen) atoms. The standard InChI is InChI=1S/C26H38O3/c1-5-21(19-27)17-20(2)24-14-8-9-16-26(3,4)23-13-10-12-22(18-23)11-6-7-15-25(28)29-24/h6-7,10,12-13,17-18,21,24,27H,5,8-9,11,14-16,19H2,1-4H3/b7-6?,20-17-/t21-,24+/m1/s1. The Hall–Kier alpha value is -1.87. The van der Waals surface area contributed by atoms with Crippen molar-refractivity contribution in [1.29, 1.82) is 0 Å². The van der Waals surface area contributed by atoms with Gasteiger partial charge >= 0.3 is 5.97 Å². The highest BCUT2D eigenvalue weighted by Crippen LogP contribution is 2.31. The van der Waals surface area contributed by atoms with E-state index in [2.05, 4.69) is 57.2 Å². The molecule has 1 aromatic rings. The molecule has 0 aromatic heterocycles. The van der Waals surface area contributed by atoms with Crippen LogP contribution in [0.1, 0.15) is 77.3 Å². The van der Waals surface area contributed by atoms with Crippen molar-refractivity contribution < 1.29 is 14.6 Å². The predicted molar refractivity (Wildman–Crippen MR) is 120 cm³/mol. The lowest BCUT2D eigenvalue weighted by molar-refractivity contribution is -0.146. The normalized spacial score (nSPS) is 22.3. The molecule has 0 aliphatic carbocycles. The molecular formula is C26H38O3. The molecule has 0 saturated carbocycles. The Kier molecular flexibility index (Phi) is 9.16. The summed E-state index contributed by atoms with van der Waals surface area (Å²) in [5.41, 5.74) is 3.84. The quantitative estimate of drug-likeness (QED) is 0.507. The Balaban J connectivity index is 2.18. The SMILES string of the molecule is CC[C@H](/C=C(/C)[C@@H]1CCCCC(C)(C)c2cccc(c2)CC=CCC(=O)O1)CO. The Morgan fingerprint density at radius 2 is 2.03 bits per heavy atom. The van der Waals surface area contributed by atoms with Crippen LogP contribution >= 0.6 is 0 Å². The number of carbonyl (C=O) groups is 1. The average molecular weight is 399 g/mol. The van der Waals surface area contributed by atoms with Gasteiger partial charge in [0.25, 0.3) is 0 Å². The van der Waals surface area contributed by atoms with E-state index in [4.69, 9.17) is 4.74 Å². The number of hydrogen-bond acceptors (Lipinski definition) is 3. The van der Waals surface area contributed by atoms with Gasteiger partial charge in [-0.3, -0.25) is 4.79 Å². The smallest absolute Gasteiger partial charge is 0.310 e. The Morgan fingerprint density at radius 3 is 2.76 bits per heavy atom. The van der Waals surface area contributed by atoms with Gasteiger partial charge in [-0.05, 0) is 61.1 Å². The van der Waals surface area contributed by atoms with Gasteiger partial charge in [0.15, 0.2) is 0 Å². The van der Waals surface area contributed by atoms with E-state index in [-0.39, 0.29) is 30.0 Å². The van der Waals surface area contributed by atoms with Crippen LogP contribution in [0.15, 0.2) is 48.1 Å². The van der Waals surface area contributed by atoms with E-state index in [0.29, 0.717) is 6.42 Å². The maximum Gasteiger partial charge on any atom is 0.310 e. The zero-order valence-corrected chi connectivity index (χ0v) is 18.6. The summed E-state index contributed by atoms with van der Waals surface area (Å²) >= 11 is 0. The van der Waals surface area contributed by atoms with Gasteiger partial charge in [-0.2, -0.15) is 0 Å². The predicted octanol–water partition coefficient (Wildman–Crippen LogP) is 5.90. The van der Waals surface area contributed by atoms with Gasteiger partial charge in [-0.1, -0.05) is 69.7 Å². The second-order valence-electron chi connectivity index (χ2n) is 8.95. The summed E-state index contributed by atoms with van der Waals surface area (Å²) in [6, 6.07) is 8.82. The molecule has 2 rings (SSSR count). The molecular weight excluding hydrogens is 360 g/mol. The molecule has 0 amide bonds. The number of cyclic esters (lactones) is 1. The fourth-order valence-electron chi connectivity index (χ4n) is 3.92. The number of aliphatic hydroxyl groups is 1. The molecule has 2 atom stereocenters. The minimum absolute atomic E-state index is 0.121. The van der Waals surface area contributed by atoms with Gasteiger partial charge in [0, 0.05) is 12.5 Å². The fourth-order valence-corrected chi connectivity index (χ4v) is 3.92. The van der Waals surface area contributed by atoms with Crippen molar-refractivity contribution in [2.75, 3.05) is 6.61 Å². The molecule has 3 heteroatoms. The Bertz CT molecular complexity index is 710. The Labute approximate surface area is 176 Å². The highest BCUT2D eigenvalue weighted by molar-refractivity contribution is 5.71. The second kappa shape index (κ2) is 11.3. The van der Waals surface area contributed by atoms with Gasteiger partial charge in [0.2, 0.25) is 0 Å². The van der Waals surface area contributed by atoms with Crippen molar-refractivity contribution >= 4 is 5.97 Å². The number of fused-ring (bicyclic) bond motifs is 2. The number of ether oxygens (including phenoxy) is 1. The van der Waals surface area contributed by atoms with Crippen LogP contribution in [0, 0.1) is 5.92 Å².